The fraction of sp³-hybridized carbons (Fsp3) is 0.167. The molecule has 0 fully saturated rings. The van der Waals surface area contributed by atoms with Crippen LogP contribution in [0.2, 0.25) is 0 Å². The minimum Gasteiger partial charge on any atom is -0.384 e. The Bertz CT molecular complexity index is 394. The predicted molar refractivity (Wildman–Crippen MR) is 85.5 cm³/mol. The molecule has 96 valence electrons. The summed E-state index contributed by atoms with van der Waals surface area (Å²) in [5, 5.41) is 0. The van der Waals surface area contributed by atoms with E-state index in [1.807, 2.05) is 32.0 Å². The Morgan fingerprint density at radius 1 is 0.833 bits per heavy atom. The fourth-order valence-electron chi connectivity index (χ4n) is 1.24. The molecule has 2 rings (SSSR count). The predicted octanol–water partition coefficient (Wildman–Crippen LogP) is 4.65. The number of aromatic nitrogens is 2. The van der Waals surface area contributed by atoms with E-state index in [1.54, 1.807) is 6.07 Å². The molecule has 0 aromatic carbocycles. The monoisotopic (exact) mass is 435 g/mol. The summed E-state index contributed by atoms with van der Waals surface area (Å²) in [6, 6.07) is 7.56. The first kappa shape index (κ1) is 15.6. The molecule has 0 saturated heterocycles. The summed E-state index contributed by atoms with van der Waals surface area (Å²) in [6.45, 7) is 3.86. The lowest BCUT2D eigenvalue weighted by molar-refractivity contribution is 1.16. The molecule has 2 aromatic heterocycles. The van der Waals surface area contributed by atoms with Crippen molar-refractivity contribution in [2.24, 2.45) is 0 Å². The van der Waals surface area contributed by atoms with Gasteiger partial charge >= 0.3 is 0 Å². The average molecular weight is 438 g/mol. The summed E-state index contributed by atoms with van der Waals surface area (Å²) >= 11 is 9.91. The van der Waals surface area contributed by atoms with Crippen LogP contribution in [0.1, 0.15) is 11.4 Å². The van der Waals surface area contributed by atoms with Crippen LogP contribution in [0.3, 0.4) is 0 Å². The molecule has 3 nitrogen and oxygen atoms in total. The zero-order valence-corrected chi connectivity index (χ0v) is 14.7. The molecule has 18 heavy (non-hydrogen) atoms. The van der Waals surface area contributed by atoms with E-state index in [-0.39, 0.29) is 0 Å². The minimum absolute atomic E-state index is 0.557. The Hall–Kier alpha value is -0.460. The normalized spacial score (nSPS) is 9.61. The maximum absolute atomic E-state index is 5.42. The van der Waals surface area contributed by atoms with Crippen LogP contribution in [-0.4, -0.2) is 9.97 Å². The van der Waals surface area contributed by atoms with Gasteiger partial charge in [0.05, 0.1) is 0 Å². The lowest BCUT2D eigenvalue weighted by Crippen LogP contribution is -1.90. The molecule has 0 spiro atoms. The minimum atomic E-state index is 0.557. The van der Waals surface area contributed by atoms with Gasteiger partial charge in [0.15, 0.2) is 0 Å². The number of hydrogen-bond donors (Lipinski definition) is 1. The highest BCUT2D eigenvalue weighted by Gasteiger charge is 1.92. The number of aryl methyl sites for hydroxylation is 2. The van der Waals surface area contributed by atoms with Crippen molar-refractivity contribution in [3.63, 3.8) is 0 Å². The van der Waals surface area contributed by atoms with Crippen molar-refractivity contribution in [3.8, 4) is 0 Å². The molecule has 0 atom stereocenters. The van der Waals surface area contributed by atoms with E-state index in [0.29, 0.717) is 5.82 Å². The number of nitrogen functional groups attached to an aromatic ring is 1. The largest absolute Gasteiger partial charge is 0.384 e. The van der Waals surface area contributed by atoms with Crippen LogP contribution in [0.5, 0.6) is 0 Å². The van der Waals surface area contributed by atoms with Crippen LogP contribution in [0, 0.1) is 13.8 Å². The number of nitrogens with two attached hydrogens (primary N) is 1. The van der Waals surface area contributed by atoms with Gasteiger partial charge in [-0.05, 0) is 54.0 Å². The summed E-state index contributed by atoms with van der Waals surface area (Å²) < 4.78 is 2.91. The van der Waals surface area contributed by atoms with Gasteiger partial charge in [0.25, 0.3) is 0 Å². The second-order valence-corrected chi connectivity index (χ2v) is 6.24. The van der Waals surface area contributed by atoms with Crippen molar-refractivity contribution in [1.29, 1.82) is 0 Å². The Kier molecular flexibility index (Phi) is 6.25. The van der Waals surface area contributed by atoms with Crippen molar-refractivity contribution < 1.29 is 0 Å². The first-order chi connectivity index (χ1) is 8.36. The molecule has 0 amide bonds. The van der Waals surface area contributed by atoms with Gasteiger partial charge in [-0.1, -0.05) is 31.9 Å². The lowest BCUT2D eigenvalue weighted by Gasteiger charge is -1.94. The van der Waals surface area contributed by atoms with Crippen LogP contribution in [0.25, 0.3) is 0 Å². The Labute approximate surface area is 132 Å². The summed E-state index contributed by atoms with van der Waals surface area (Å²) in [4.78, 5) is 8.10. The average Bonchev–Trinajstić information content (AvgIpc) is 2.12. The lowest BCUT2D eigenvalue weighted by atomic mass is 10.4. The Morgan fingerprint density at radius 3 is 1.72 bits per heavy atom. The first-order valence-corrected chi connectivity index (χ1v) is 7.44. The number of rotatable bonds is 0. The SMILES string of the molecule is Cc1cc(Br)cc(Br)n1.Cc1cc(Br)cc(N)n1. The maximum atomic E-state index is 5.42. The second-order valence-electron chi connectivity index (χ2n) is 3.60. The molecule has 2 heterocycles. The van der Waals surface area contributed by atoms with E-state index in [1.165, 1.54) is 0 Å². The van der Waals surface area contributed by atoms with Gasteiger partial charge in [0.1, 0.15) is 10.4 Å². The van der Waals surface area contributed by atoms with Gasteiger partial charge in [-0.3, -0.25) is 0 Å². The molecule has 0 bridgehead atoms. The van der Waals surface area contributed by atoms with Gasteiger partial charge in [-0.25, -0.2) is 9.97 Å². The van der Waals surface area contributed by atoms with E-state index in [2.05, 4.69) is 57.8 Å². The number of anilines is 1. The highest BCUT2D eigenvalue weighted by molar-refractivity contribution is 9.11. The molecule has 0 aliphatic carbocycles. The molecule has 2 aromatic rings. The molecular formula is C12H12Br3N3. The molecule has 0 aliphatic heterocycles. The van der Waals surface area contributed by atoms with Crippen LogP contribution >= 0.6 is 47.8 Å². The van der Waals surface area contributed by atoms with Crippen molar-refractivity contribution in [1.82, 2.24) is 9.97 Å². The summed E-state index contributed by atoms with van der Waals surface area (Å²) in [7, 11) is 0. The van der Waals surface area contributed by atoms with Gasteiger partial charge < -0.3 is 5.73 Å². The molecule has 6 heteroatoms. The topological polar surface area (TPSA) is 51.8 Å². The Morgan fingerprint density at radius 2 is 1.33 bits per heavy atom. The number of nitrogens with zero attached hydrogens (tertiary/aromatic N) is 2. The summed E-state index contributed by atoms with van der Waals surface area (Å²) in [5.41, 5.74) is 7.36. The molecular weight excluding hydrogens is 426 g/mol. The van der Waals surface area contributed by atoms with Crippen LogP contribution in [0.15, 0.2) is 37.8 Å². The van der Waals surface area contributed by atoms with Crippen LogP contribution < -0.4 is 5.73 Å². The van der Waals surface area contributed by atoms with E-state index in [4.69, 9.17) is 5.73 Å². The van der Waals surface area contributed by atoms with Crippen molar-refractivity contribution in [2.75, 3.05) is 5.73 Å². The third-order valence-corrected chi connectivity index (χ3v) is 3.15. The Balaban J connectivity index is 0.000000180. The summed E-state index contributed by atoms with van der Waals surface area (Å²) in [6.07, 6.45) is 0. The smallest absolute Gasteiger partial charge is 0.124 e. The maximum Gasteiger partial charge on any atom is 0.124 e. The molecule has 0 aliphatic rings. The molecule has 2 N–H and O–H groups in total. The molecule has 0 saturated carbocycles. The van der Waals surface area contributed by atoms with E-state index < -0.39 is 0 Å². The molecule has 0 radical (unpaired) electrons. The van der Waals surface area contributed by atoms with E-state index in [0.717, 1.165) is 24.9 Å². The van der Waals surface area contributed by atoms with Crippen LogP contribution in [0.4, 0.5) is 5.82 Å². The fourth-order valence-corrected chi connectivity index (χ4v) is 3.19. The van der Waals surface area contributed by atoms with Gasteiger partial charge in [-0.15, -0.1) is 0 Å². The zero-order chi connectivity index (χ0) is 13.7. The third kappa shape index (κ3) is 5.93. The standard InChI is InChI=1S/C6H5Br2N.C6H7BrN2/c2*1-4-2-5(7)3-6(8)9-4/h2-3H,1H3;2-3H,1H3,(H2,8,9). The second kappa shape index (κ2) is 7.21. The van der Waals surface area contributed by atoms with Crippen LogP contribution in [-0.2, 0) is 0 Å². The van der Waals surface area contributed by atoms with Crippen molar-refractivity contribution in [2.45, 2.75) is 13.8 Å². The number of pyridine rings is 2. The van der Waals surface area contributed by atoms with Gasteiger partial charge in [-0.2, -0.15) is 0 Å². The third-order valence-electron chi connectivity index (χ3n) is 1.82. The number of halogens is 3. The highest BCUT2D eigenvalue weighted by atomic mass is 79.9. The van der Waals surface area contributed by atoms with Crippen molar-refractivity contribution >= 4 is 53.6 Å². The number of hydrogen-bond acceptors (Lipinski definition) is 3. The summed E-state index contributed by atoms with van der Waals surface area (Å²) in [5.74, 6) is 0.557. The van der Waals surface area contributed by atoms with Crippen molar-refractivity contribution in [3.05, 3.63) is 49.2 Å². The highest BCUT2D eigenvalue weighted by Crippen LogP contribution is 2.15. The first-order valence-electron chi connectivity index (χ1n) is 5.06. The quantitative estimate of drug-likeness (QED) is 0.610. The van der Waals surface area contributed by atoms with E-state index in [9.17, 15) is 0 Å². The van der Waals surface area contributed by atoms with E-state index >= 15 is 0 Å². The zero-order valence-electron chi connectivity index (χ0n) is 9.92. The van der Waals surface area contributed by atoms with Gasteiger partial charge in [0.2, 0.25) is 0 Å². The van der Waals surface area contributed by atoms with Gasteiger partial charge in [0, 0.05) is 20.3 Å². The molecule has 0 unspecified atom stereocenters.